The van der Waals surface area contributed by atoms with Gasteiger partial charge in [-0.25, -0.2) is 4.98 Å². The van der Waals surface area contributed by atoms with Gasteiger partial charge in [-0.1, -0.05) is 11.6 Å². The van der Waals surface area contributed by atoms with Crippen LogP contribution < -0.4 is 11.1 Å². The zero-order valence-corrected chi connectivity index (χ0v) is 8.90. The van der Waals surface area contributed by atoms with E-state index in [-0.39, 0.29) is 6.61 Å². The fourth-order valence-electron chi connectivity index (χ4n) is 0.738. The number of halogens is 1. The lowest BCUT2D eigenvalue weighted by Crippen LogP contribution is -2.20. The lowest BCUT2D eigenvalue weighted by atomic mass is 10.6. The van der Waals surface area contributed by atoms with E-state index in [2.05, 4.69) is 10.3 Å². The number of nitrogens with zero attached hydrogens (tertiary/aromatic N) is 1. The molecule has 1 aromatic rings. The van der Waals surface area contributed by atoms with E-state index in [4.69, 9.17) is 22.1 Å². The molecule has 0 fully saturated rings. The van der Waals surface area contributed by atoms with Gasteiger partial charge in [-0.15, -0.1) is 11.3 Å². The van der Waals surface area contributed by atoms with Crippen LogP contribution in [0.4, 0.5) is 5.13 Å². The predicted molar refractivity (Wildman–Crippen MR) is 55.6 cm³/mol. The highest BCUT2D eigenvalue weighted by molar-refractivity contribution is 7.14. The topological polar surface area (TPSA) is 77.2 Å². The first-order chi connectivity index (χ1) is 6.68. The first kappa shape index (κ1) is 11.2. The summed E-state index contributed by atoms with van der Waals surface area (Å²) in [5.74, 6) is -0.470. The molecule has 1 amide bonds. The molecule has 0 aromatic carbocycles. The molecule has 0 atom stereocenters. The monoisotopic (exact) mass is 235 g/mol. The van der Waals surface area contributed by atoms with E-state index in [0.717, 1.165) is 5.13 Å². The Morgan fingerprint density at radius 1 is 1.79 bits per heavy atom. The van der Waals surface area contributed by atoms with E-state index < -0.39 is 5.91 Å². The van der Waals surface area contributed by atoms with Gasteiger partial charge in [0.15, 0.2) is 5.13 Å². The number of aromatic nitrogens is 1. The minimum Gasteiger partial charge on any atom is -0.370 e. The van der Waals surface area contributed by atoms with Crippen molar-refractivity contribution in [2.75, 3.05) is 25.1 Å². The van der Waals surface area contributed by atoms with Crippen molar-refractivity contribution in [3.63, 3.8) is 0 Å². The second-order valence-electron chi connectivity index (χ2n) is 2.42. The Balaban J connectivity index is 2.07. The van der Waals surface area contributed by atoms with E-state index in [1.165, 1.54) is 11.3 Å². The molecule has 1 aromatic heterocycles. The largest absolute Gasteiger partial charge is 0.370 e. The molecule has 14 heavy (non-hydrogen) atoms. The molecule has 78 valence electrons. The van der Waals surface area contributed by atoms with Crippen molar-refractivity contribution < 1.29 is 9.53 Å². The first-order valence-corrected chi connectivity index (χ1v) is 5.15. The smallest absolute Gasteiger partial charge is 0.243 e. The molecule has 0 saturated carbocycles. The van der Waals surface area contributed by atoms with Crippen LogP contribution in [0.2, 0.25) is 5.15 Å². The average molecular weight is 236 g/mol. The van der Waals surface area contributed by atoms with Crippen LogP contribution >= 0.6 is 22.9 Å². The summed E-state index contributed by atoms with van der Waals surface area (Å²) in [6.07, 6.45) is 0. The van der Waals surface area contributed by atoms with Gasteiger partial charge in [0, 0.05) is 11.9 Å². The lowest BCUT2D eigenvalue weighted by Gasteiger charge is -2.02. The van der Waals surface area contributed by atoms with Crippen molar-refractivity contribution in [3.05, 3.63) is 10.5 Å². The van der Waals surface area contributed by atoms with Crippen molar-refractivity contribution in [2.24, 2.45) is 5.73 Å². The minimum atomic E-state index is -0.470. The summed E-state index contributed by atoms with van der Waals surface area (Å²) in [6, 6.07) is 0. The van der Waals surface area contributed by atoms with Gasteiger partial charge in [0.1, 0.15) is 11.8 Å². The van der Waals surface area contributed by atoms with Gasteiger partial charge in [0.25, 0.3) is 0 Å². The van der Waals surface area contributed by atoms with Gasteiger partial charge >= 0.3 is 0 Å². The maximum absolute atomic E-state index is 10.3. The number of thiazole rings is 1. The molecule has 0 aliphatic carbocycles. The molecule has 0 radical (unpaired) electrons. The normalized spacial score (nSPS) is 10.1. The van der Waals surface area contributed by atoms with E-state index in [1.54, 1.807) is 5.38 Å². The quantitative estimate of drug-likeness (QED) is 0.712. The van der Waals surface area contributed by atoms with Crippen LogP contribution in [0.25, 0.3) is 0 Å². The van der Waals surface area contributed by atoms with Gasteiger partial charge in [-0.05, 0) is 0 Å². The Labute approximate surface area is 90.2 Å². The summed E-state index contributed by atoms with van der Waals surface area (Å²) >= 11 is 7.02. The number of ether oxygens (including phenoxy) is 1. The highest BCUT2D eigenvalue weighted by Crippen LogP contribution is 2.18. The van der Waals surface area contributed by atoms with Crippen LogP contribution in [0.5, 0.6) is 0 Å². The van der Waals surface area contributed by atoms with Gasteiger partial charge < -0.3 is 15.8 Å². The summed E-state index contributed by atoms with van der Waals surface area (Å²) in [7, 11) is 0. The predicted octanol–water partition coefficient (Wildman–Crippen LogP) is 0.710. The molecule has 0 saturated heterocycles. The summed E-state index contributed by atoms with van der Waals surface area (Å²) in [5, 5.41) is 5.92. The molecule has 1 heterocycles. The average Bonchev–Trinajstić information content (AvgIpc) is 2.50. The fraction of sp³-hybridized carbons (Fsp3) is 0.429. The Kier molecular flexibility index (Phi) is 4.64. The molecule has 0 aliphatic heterocycles. The number of hydrogen-bond donors (Lipinski definition) is 2. The zero-order chi connectivity index (χ0) is 10.4. The van der Waals surface area contributed by atoms with Crippen molar-refractivity contribution >= 4 is 34.0 Å². The third-order valence-corrected chi connectivity index (χ3v) is 2.37. The van der Waals surface area contributed by atoms with E-state index in [1.807, 2.05) is 0 Å². The third-order valence-electron chi connectivity index (χ3n) is 1.24. The Morgan fingerprint density at radius 2 is 2.57 bits per heavy atom. The first-order valence-electron chi connectivity index (χ1n) is 3.89. The molecule has 0 spiro atoms. The fourth-order valence-corrected chi connectivity index (χ4v) is 1.60. The summed E-state index contributed by atoms with van der Waals surface area (Å²) in [4.78, 5) is 14.3. The number of nitrogens with one attached hydrogen (secondary N) is 1. The molecular weight excluding hydrogens is 226 g/mol. The standard InChI is InChI=1S/C7H10ClN3O2S/c8-5-4-14-7(11-5)10-1-2-13-3-6(9)12/h4H,1-3H2,(H2,9,12)(H,10,11). The molecule has 5 nitrogen and oxygen atoms in total. The molecule has 3 N–H and O–H groups in total. The Hall–Kier alpha value is -0.850. The van der Waals surface area contributed by atoms with Crippen molar-refractivity contribution in [3.8, 4) is 0 Å². The highest BCUT2D eigenvalue weighted by atomic mass is 35.5. The second kappa shape index (κ2) is 5.79. The Morgan fingerprint density at radius 3 is 3.14 bits per heavy atom. The van der Waals surface area contributed by atoms with E-state index in [9.17, 15) is 4.79 Å². The number of amides is 1. The van der Waals surface area contributed by atoms with Crippen molar-refractivity contribution in [1.29, 1.82) is 0 Å². The summed E-state index contributed by atoms with van der Waals surface area (Å²) < 4.78 is 4.93. The summed E-state index contributed by atoms with van der Waals surface area (Å²) in [5.41, 5.74) is 4.88. The molecule has 0 aliphatic rings. The minimum absolute atomic E-state index is 0.0553. The highest BCUT2D eigenvalue weighted by Gasteiger charge is 1.98. The maximum Gasteiger partial charge on any atom is 0.243 e. The van der Waals surface area contributed by atoms with E-state index >= 15 is 0 Å². The van der Waals surface area contributed by atoms with Crippen LogP contribution in [0, 0.1) is 0 Å². The molecule has 1 rings (SSSR count). The SMILES string of the molecule is NC(=O)COCCNc1nc(Cl)cs1. The third kappa shape index (κ3) is 4.40. The van der Waals surface area contributed by atoms with Crippen LogP contribution in [-0.4, -0.2) is 30.6 Å². The lowest BCUT2D eigenvalue weighted by molar-refractivity contribution is -0.122. The van der Waals surface area contributed by atoms with Gasteiger partial charge in [-0.3, -0.25) is 4.79 Å². The number of primary amides is 1. The number of anilines is 1. The van der Waals surface area contributed by atoms with E-state index in [0.29, 0.717) is 18.3 Å². The molecule has 0 bridgehead atoms. The molecule has 7 heteroatoms. The molecule has 0 unspecified atom stereocenters. The van der Waals surface area contributed by atoms with Crippen LogP contribution in [0.3, 0.4) is 0 Å². The zero-order valence-electron chi connectivity index (χ0n) is 7.33. The van der Waals surface area contributed by atoms with Crippen LogP contribution in [0.1, 0.15) is 0 Å². The number of carbonyl (C=O) groups is 1. The number of carbonyl (C=O) groups excluding carboxylic acids is 1. The number of rotatable bonds is 6. The van der Waals surface area contributed by atoms with Crippen LogP contribution in [-0.2, 0) is 9.53 Å². The van der Waals surface area contributed by atoms with Crippen molar-refractivity contribution in [2.45, 2.75) is 0 Å². The van der Waals surface area contributed by atoms with Crippen LogP contribution in [0.15, 0.2) is 5.38 Å². The maximum atomic E-state index is 10.3. The second-order valence-corrected chi connectivity index (χ2v) is 3.67. The molecular formula is C7H10ClN3O2S. The van der Waals surface area contributed by atoms with Gasteiger partial charge in [0.05, 0.1) is 6.61 Å². The van der Waals surface area contributed by atoms with Crippen molar-refractivity contribution in [1.82, 2.24) is 4.98 Å². The van der Waals surface area contributed by atoms with Gasteiger partial charge in [0.2, 0.25) is 5.91 Å². The number of hydrogen-bond acceptors (Lipinski definition) is 5. The summed E-state index contributed by atoms with van der Waals surface area (Å²) in [6.45, 7) is 0.914. The van der Waals surface area contributed by atoms with Gasteiger partial charge in [-0.2, -0.15) is 0 Å². The number of nitrogens with two attached hydrogens (primary N) is 1. The Bertz CT molecular complexity index is 305.